The molecular formula is C33H40N4O3. The molecule has 0 spiro atoms. The van der Waals surface area contributed by atoms with E-state index in [1.54, 1.807) is 0 Å². The number of para-hydroxylation sites is 1. The minimum atomic E-state index is -0.418. The zero-order valence-corrected chi connectivity index (χ0v) is 23.1. The second-order valence-electron chi connectivity index (χ2n) is 10.8. The number of nitrogens with zero attached hydrogens (tertiary/aromatic N) is 1. The molecule has 0 radical (unpaired) electrons. The molecule has 3 aromatic rings. The Labute approximate surface area is 237 Å². The Balaban J connectivity index is 0.955. The smallest absolute Gasteiger partial charge is 0.411 e. The molecule has 0 aromatic heterocycles. The number of carbonyl (C=O) groups is 2. The average molecular weight is 541 g/mol. The molecule has 1 saturated carbocycles. The lowest BCUT2D eigenvalue weighted by molar-refractivity contribution is -0.121. The number of anilines is 1. The van der Waals surface area contributed by atoms with Crippen molar-refractivity contribution in [1.82, 2.24) is 15.5 Å². The predicted molar refractivity (Wildman–Crippen MR) is 159 cm³/mol. The molecule has 2 amide bonds. The zero-order valence-electron chi connectivity index (χ0n) is 23.1. The van der Waals surface area contributed by atoms with Gasteiger partial charge in [-0.1, -0.05) is 72.8 Å². The second kappa shape index (κ2) is 14.1. The molecule has 0 atom stereocenters. The number of amides is 2. The van der Waals surface area contributed by atoms with Crippen LogP contribution in [0.15, 0.2) is 78.9 Å². The van der Waals surface area contributed by atoms with Gasteiger partial charge in [-0.25, -0.2) is 4.79 Å². The van der Waals surface area contributed by atoms with E-state index >= 15 is 0 Å². The van der Waals surface area contributed by atoms with Gasteiger partial charge in [-0.3, -0.25) is 10.1 Å². The summed E-state index contributed by atoms with van der Waals surface area (Å²) in [6.07, 6.45) is 4.89. The van der Waals surface area contributed by atoms with Crippen LogP contribution in [0.2, 0.25) is 0 Å². The van der Waals surface area contributed by atoms with E-state index in [0.29, 0.717) is 19.0 Å². The first kappa shape index (κ1) is 27.9. The third-order valence-electron chi connectivity index (χ3n) is 7.64. The summed E-state index contributed by atoms with van der Waals surface area (Å²) >= 11 is 0. The summed E-state index contributed by atoms with van der Waals surface area (Å²) in [7, 11) is 0. The van der Waals surface area contributed by atoms with Gasteiger partial charge in [0.25, 0.3) is 0 Å². The lowest BCUT2D eigenvalue weighted by Crippen LogP contribution is -2.42. The van der Waals surface area contributed by atoms with Gasteiger partial charge in [-0.2, -0.15) is 0 Å². The zero-order chi connectivity index (χ0) is 27.6. The van der Waals surface area contributed by atoms with Crippen molar-refractivity contribution in [1.29, 1.82) is 0 Å². The van der Waals surface area contributed by atoms with Gasteiger partial charge in [-0.15, -0.1) is 0 Å². The van der Waals surface area contributed by atoms with Gasteiger partial charge >= 0.3 is 6.09 Å². The van der Waals surface area contributed by atoms with Crippen LogP contribution in [-0.2, 0) is 22.5 Å². The highest BCUT2D eigenvalue weighted by atomic mass is 16.6. The molecule has 5 rings (SSSR count). The molecule has 3 N–H and O–H groups in total. The number of benzene rings is 3. The minimum absolute atomic E-state index is 0.0881. The molecule has 0 bridgehead atoms. The first-order chi connectivity index (χ1) is 19.6. The van der Waals surface area contributed by atoms with Crippen LogP contribution in [0.1, 0.15) is 43.2 Å². The molecule has 1 aliphatic carbocycles. The van der Waals surface area contributed by atoms with E-state index in [2.05, 4.69) is 45.1 Å². The molecule has 3 aromatic carbocycles. The van der Waals surface area contributed by atoms with E-state index in [9.17, 15) is 9.59 Å². The molecule has 1 aliphatic heterocycles. The summed E-state index contributed by atoms with van der Waals surface area (Å²) < 4.78 is 5.74. The van der Waals surface area contributed by atoms with Gasteiger partial charge in [0.05, 0.1) is 5.69 Å². The predicted octanol–water partition coefficient (Wildman–Crippen LogP) is 5.37. The highest BCUT2D eigenvalue weighted by Crippen LogP contribution is 2.28. The number of ether oxygens (including phenoxy) is 1. The summed E-state index contributed by atoms with van der Waals surface area (Å²) in [4.78, 5) is 27.3. The molecule has 7 nitrogen and oxygen atoms in total. The monoisotopic (exact) mass is 540 g/mol. The van der Waals surface area contributed by atoms with E-state index in [4.69, 9.17) is 4.74 Å². The fourth-order valence-corrected chi connectivity index (χ4v) is 5.08. The highest BCUT2D eigenvalue weighted by Gasteiger charge is 2.23. The molecule has 2 aliphatic rings. The van der Waals surface area contributed by atoms with Gasteiger partial charge in [0, 0.05) is 50.7 Å². The number of carbonyl (C=O) groups excluding carboxylic acids is 2. The number of piperidine rings is 1. The molecule has 40 heavy (non-hydrogen) atoms. The number of aryl methyl sites for hydroxylation is 1. The fraction of sp³-hybridized carbons (Fsp3) is 0.394. The fourth-order valence-electron chi connectivity index (χ4n) is 5.08. The van der Waals surface area contributed by atoms with Gasteiger partial charge < -0.3 is 20.3 Å². The van der Waals surface area contributed by atoms with Gasteiger partial charge in [0.15, 0.2) is 0 Å². The minimum Gasteiger partial charge on any atom is -0.446 e. The van der Waals surface area contributed by atoms with Crippen LogP contribution in [0.5, 0.6) is 0 Å². The molecule has 1 heterocycles. The van der Waals surface area contributed by atoms with Crippen molar-refractivity contribution in [2.24, 2.45) is 0 Å². The Morgan fingerprint density at radius 1 is 0.825 bits per heavy atom. The van der Waals surface area contributed by atoms with Crippen molar-refractivity contribution in [2.45, 2.75) is 57.2 Å². The molecule has 1 saturated heterocycles. The molecule has 210 valence electrons. The van der Waals surface area contributed by atoms with Crippen molar-refractivity contribution in [3.05, 3.63) is 90.0 Å². The van der Waals surface area contributed by atoms with Crippen molar-refractivity contribution in [3.8, 4) is 11.1 Å². The summed E-state index contributed by atoms with van der Waals surface area (Å²) in [6, 6.07) is 27.0. The maximum absolute atomic E-state index is 12.6. The van der Waals surface area contributed by atoms with Crippen LogP contribution in [0.3, 0.4) is 0 Å². The average Bonchev–Trinajstić information content (AvgIpc) is 3.82. The molecule has 7 heteroatoms. The van der Waals surface area contributed by atoms with Crippen LogP contribution < -0.4 is 16.0 Å². The summed E-state index contributed by atoms with van der Waals surface area (Å²) in [5, 5.41) is 9.51. The van der Waals surface area contributed by atoms with Crippen molar-refractivity contribution >= 4 is 17.7 Å². The third kappa shape index (κ3) is 8.66. The molecule has 2 fully saturated rings. The standard InChI is InChI=1S/C33H40N4O3/c38-32(17-14-25-10-12-26(13-11-25)24-35-28-15-16-28)34-20-23-37-21-18-29(19-22-37)40-33(39)36-31-9-5-4-8-30(31)27-6-2-1-3-7-27/h1-13,28-29,35H,14-24H2,(H,34,38)(H,36,39). The third-order valence-corrected chi connectivity index (χ3v) is 7.64. The molecule has 0 unspecified atom stereocenters. The van der Waals surface area contributed by atoms with Crippen molar-refractivity contribution in [3.63, 3.8) is 0 Å². The van der Waals surface area contributed by atoms with Crippen LogP contribution in [0.4, 0.5) is 10.5 Å². The Morgan fingerprint density at radius 2 is 1.52 bits per heavy atom. The van der Waals surface area contributed by atoms with E-state index < -0.39 is 6.09 Å². The lowest BCUT2D eigenvalue weighted by Gasteiger charge is -2.31. The number of nitrogens with one attached hydrogen (secondary N) is 3. The second-order valence-corrected chi connectivity index (χ2v) is 10.8. The van der Waals surface area contributed by atoms with Gasteiger partial charge in [-0.05, 0) is 54.9 Å². The summed E-state index contributed by atoms with van der Waals surface area (Å²) in [5.74, 6) is 0.0881. The van der Waals surface area contributed by atoms with E-state index in [1.807, 2.05) is 54.6 Å². The molecular weight excluding hydrogens is 500 g/mol. The van der Waals surface area contributed by atoms with E-state index in [0.717, 1.165) is 62.3 Å². The Kier molecular flexibility index (Phi) is 9.82. The van der Waals surface area contributed by atoms with Gasteiger partial charge in [0.2, 0.25) is 5.91 Å². The topological polar surface area (TPSA) is 82.7 Å². The maximum atomic E-state index is 12.6. The Bertz CT molecular complexity index is 1240. The van der Waals surface area contributed by atoms with E-state index in [-0.39, 0.29) is 12.0 Å². The summed E-state index contributed by atoms with van der Waals surface area (Å²) in [5.41, 5.74) is 5.24. The number of rotatable bonds is 12. The summed E-state index contributed by atoms with van der Waals surface area (Å²) in [6.45, 7) is 4.04. The largest absolute Gasteiger partial charge is 0.446 e. The maximum Gasteiger partial charge on any atom is 0.411 e. The van der Waals surface area contributed by atoms with Gasteiger partial charge in [0.1, 0.15) is 6.10 Å². The van der Waals surface area contributed by atoms with Crippen LogP contribution in [0, 0.1) is 0 Å². The van der Waals surface area contributed by atoms with Crippen LogP contribution in [-0.4, -0.2) is 55.2 Å². The lowest BCUT2D eigenvalue weighted by atomic mass is 10.0. The number of hydrogen-bond donors (Lipinski definition) is 3. The number of likely N-dealkylation sites (tertiary alicyclic amines) is 1. The quantitative estimate of drug-likeness (QED) is 0.288. The first-order valence-electron chi connectivity index (χ1n) is 14.5. The number of hydrogen-bond acceptors (Lipinski definition) is 5. The van der Waals surface area contributed by atoms with Crippen molar-refractivity contribution in [2.75, 3.05) is 31.5 Å². The first-order valence-corrected chi connectivity index (χ1v) is 14.5. The van der Waals surface area contributed by atoms with Crippen molar-refractivity contribution < 1.29 is 14.3 Å². The Hall–Kier alpha value is -3.68. The SMILES string of the molecule is O=C(CCc1ccc(CNC2CC2)cc1)NCCN1CCC(OC(=O)Nc2ccccc2-c2ccccc2)CC1. The van der Waals surface area contributed by atoms with E-state index in [1.165, 1.54) is 24.0 Å². The highest BCUT2D eigenvalue weighted by molar-refractivity contribution is 5.91. The normalized spacial score (nSPS) is 15.9. The Morgan fingerprint density at radius 3 is 2.27 bits per heavy atom. The van der Waals surface area contributed by atoms with Crippen LogP contribution in [0.25, 0.3) is 11.1 Å². The van der Waals surface area contributed by atoms with Crippen LogP contribution >= 0.6 is 0 Å².